The molecule has 0 radical (unpaired) electrons. The molecule has 1 aromatic carbocycles. The number of benzene rings is 1. The summed E-state index contributed by atoms with van der Waals surface area (Å²) in [6, 6.07) is 8.20. The zero-order valence-corrected chi connectivity index (χ0v) is 14.7. The van der Waals surface area contributed by atoms with Crippen molar-refractivity contribution in [1.29, 1.82) is 0 Å². The maximum Gasteiger partial charge on any atom is 0.241 e. The van der Waals surface area contributed by atoms with Crippen molar-refractivity contribution in [3.63, 3.8) is 0 Å². The first-order valence-corrected chi connectivity index (χ1v) is 9.40. The van der Waals surface area contributed by atoms with E-state index < -0.39 is 0 Å². The smallest absolute Gasteiger partial charge is 0.241 e. The Morgan fingerprint density at radius 1 is 1.28 bits per heavy atom. The molecule has 1 aromatic heterocycles. The number of hydrazine groups is 1. The van der Waals surface area contributed by atoms with E-state index in [0.717, 1.165) is 62.2 Å². The van der Waals surface area contributed by atoms with Gasteiger partial charge in [0.05, 0.1) is 0 Å². The number of carbonyl (C=O) groups excluding carboxylic acids is 1. The summed E-state index contributed by atoms with van der Waals surface area (Å²) in [5.41, 5.74) is 8.19. The van der Waals surface area contributed by atoms with Crippen LogP contribution in [-0.2, 0) is 4.79 Å². The Balaban J connectivity index is 1.34. The molecule has 1 amide bonds. The predicted octanol–water partition coefficient (Wildman–Crippen LogP) is 2.57. The number of carbonyl (C=O) groups is 1. The number of amides is 1. The fraction of sp³-hybridized carbons (Fsp3) is 0.579. The normalized spacial score (nSPS) is 24.9. The number of hydrogen-bond acceptors (Lipinski definition) is 5. The van der Waals surface area contributed by atoms with E-state index in [2.05, 4.69) is 22.8 Å². The highest BCUT2D eigenvalue weighted by Gasteiger charge is 2.34. The molecule has 0 bridgehead atoms. The minimum absolute atomic E-state index is 0.0857. The van der Waals surface area contributed by atoms with Gasteiger partial charge in [0.15, 0.2) is 11.5 Å². The number of fused-ring (bicyclic) bond motifs is 1. The van der Waals surface area contributed by atoms with Crippen LogP contribution >= 0.6 is 0 Å². The lowest BCUT2D eigenvalue weighted by atomic mass is 9.96. The van der Waals surface area contributed by atoms with Gasteiger partial charge in [-0.2, -0.15) is 0 Å². The molecule has 2 aromatic rings. The topological polar surface area (TPSA) is 70.4 Å². The first kappa shape index (κ1) is 16.5. The van der Waals surface area contributed by atoms with Crippen molar-refractivity contribution in [2.45, 2.75) is 57.0 Å². The second-order valence-electron chi connectivity index (χ2n) is 7.18. The van der Waals surface area contributed by atoms with Gasteiger partial charge in [0, 0.05) is 25.0 Å². The van der Waals surface area contributed by atoms with Crippen LogP contribution in [0, 0.1) is 0 Å². The Morgan fingerprint density at radius 2 is 2.08 bits per heavy atom. The van der Waals surface area contributed by atoms with Gasteiger partial charge in [0.1, 0.15) is 11.6 Å². The number of oxazole rings is 1. The molecule has 134 valence electrons. The summed E-state index contributed by atoms with van der Waals surface area (Å²) < 4.78 is 5.91. The Kier molecular flexibility index (Phi) is 4.72. The molecule has 0 spiro atoms. The van der Waals surface area contributed by atoms with Crippen molar-refractivity contribution in [3.05, 3.63) is 30.2 Å². The average Bonchev–Trinajstić information content (AvgIpc) is 3.28. The highest BCUT2D eigenvalue weighted by Crippen LogP contribution is 2.30. The second-order valence-corrected chi connectivity index (χ2v) is 7.18. The lowest BCUT2D eigenvalue weighted by Gasteiger charge is -2.32. The number of para-hydroxylation sites is 2. The van der Waals surface area contributed by atoms with E-state index in [1.54, 1.807) is 0 Å². The van der Waals surface area contributed by atoms with Crippen molar-refractivity contribution < 1.29 is 9.21 Å². The van der Waals surface area contributed by atoms with Gasteiger partial charge in [-0.05, 0) is 37.8 Å². The number of likely N-dealkylation sites (tertiary alicyclic amines) is 1. The Hall–Kier alpha value is -1.92. The van der Waals surface area contributed by atoms with Gasteiger partial charge in [-0.1, -0.05) is 25.5 Å². The summed E-state index contributed by atoms with van der Waals surface area (Å²) in [5.74, 6) is 1.35. The summed E-state index contributed by atoms with van der Waals surface area (Å²) in [5, 5.41) is 0. The van der Waals surface area contributed by atoms with Crippen LogP contribution in [0.3, 0.4) is 0 Å². The van der Waals surface area contributed by atoms with Gasteiger partial charge >= 0.3 is 0 Å². The molecular weight excluding hydrogens is 316 g/mol. The third kappa shape index (κ3) is 3.41. The fourth-order valence-electron chi connectivity index (χ4n) is 3.95. The molecule has 2 N–H and O–H groups in total. The Morgan fingerprint density at radius 3 is 2.84 bits per heavy atom. The number of nitrogens with zero attached hydrogens (tertiary/aromatic N) is 2. The van der Waals surface area contributed by atoms with E-state index in [1.807, 2.05) is 29.2 Å². The summed E-state index contributed by atoms with van der Waals surface area (Å²) in [4.78, 5) is 19.3. The summed E-state index contributed by atoms with van der Waals surface area (Å²) in [7, 11) is 0. The molecule has 3 heterocycles. The average molecular weight is 342 g/mol. The van der Waals surface area contributed by atoms with Gasteiger partial charge in [0.2, 0.25) is 5.91 Å². The van der Waals surface area contributed by atoms with Crippen molar-refractivity contribution >= 4 is 17.0 Å². The van der Waals surface area contributed by atoms with Crippen LogP contribution in [0.1, 0.15) is 50.8 Å². The SMILES string of the molecule is CCCC1CC(C(=O)N2CCC(c3nc4ccccc4o3)CC2)NN1. The van der Waals surface area contributed by atoms with Crippen LogP contribution in [0.5, 0.6) is 0 Å². The van der Waals surface area contributed by atoms with E-state index in [9.17, 15) is 4.79 Å². The molecule has 2 fully saturated rings. The van der Waals surface area contributed by atoms with Crippen LogP contribution in [0.15, 0.2) is 28.7 Å². The van der Waals surface area contributed by atoms with Gasteiger partial charge in [-0.25, -0.2) is 10.4 Å². The zero-order chi connectivity index (χ0) is 17.2. The molecule has 6 nitrogen and oxygen atoms in total. The first-order valence-electron chi connectivity index (χ1n) is 9.40. The minimum atomic E-state index is -0.0857. The summed E-state index contributed by atoms with van der Waals surface area (Å²) in [6.07, 6.45) is 4.96. The van der Waals surface area contributed by atoms with Crippen LogP contribution in [0.4, 0.5) is 0 Å². The van der Waals surface area contributed by atoms with Crippen molar-refractivity contribution in [2.24, 2.45) is 0 Å². The van der Waals surface area contributed by atoms with Crippen molar-refractivity contribution in [3.8, 4) is 0 Å². The van der Waals surface area contributed by atoms with E-state index in [4.69, 9.17) is 4.42 Å². The second kappa shape index (κ2) is 7.14. The molecule has 6 heteroatoms. The largest absolute Gasteiger partial charge is 0.440 e. The highest BCUT2D eigenvalue weighted by atomic mass is 16.3. The molecule has 4 rings (SSSR count). The summed E-state index contributed by atoms with van der Waals surface area (Å²) in [6.45, 7) is 3.73. The maximum absolute atomic E-state index is 12.7. The van der Waals surface area contributed by atoms with Gasteiger partial charge < -0.3 is 9.32 Å². The Bertz CT molecular complexity index is 703. The van der Waals surface area contributed by atoms with Gasteiger partial charge in [-0.3, -0.25) is 10.2 Å². The molecule has 2 atom stereocenters. The predicted molar refractivity (Wildman–Crippen MR) is 95.9 cm³/mol. The van der Waals surface area contributed by atoms with Gasteiger partial charge in [-0.15, -0.1) is 0 Å². The first-order chi connectivity index (χ1) is 12.2. The van der Waals surface area contributed by atoms with Crippen molar-refractivity contribution in [1.82, 2.24) is 20.7 Å². The number of aromatic nitrogens is 1. The van der Waals surface area contributed by atoms with Crippen LogP contribution in [0.25, 0.3) is 11.1 Å². The zero-order valence-electron chi connectivity index (χ0n) is 14.7. The number of rotatable bonds is 4. The molecule has 25 heavy (non-hydrogen) atoms. The number of nitrogens with one attached hydrogen (secondary N) is 2. The van der Waals surface area contributed by atoms with E-state index in [1.165, 1.54) is 0 Å². The lowest BCUT2D eigenvalue weighted by Crippen LogP contribution is -2.48. The third-order valence-electron chi connectivity index (χ3n) is 5.38. The molecule has 2 saturated heterocycles. The van der Waals surface area contributed by atoms with Crippen molar-refractivity contribution in [2.75, 3.05) is 13.1 Å². The quantitative estimate of drug-likeness (QED) is 0.894. The molecule has 2 aliphatic rings. The minimum Gasteiger partial charge on any atom is -0.440 e. The molecule has 2 aliphatic heterocycles. The van der Waals surface area contributed by atoms with Crippen LogP contribution in [0.2, 0.25) is 0 Å². The van der Waals surface area contributed by atoms with Crippen LogP contribution in [-0.4, -0.2) is 41.0 Å². The monoisotopic (exact) mass is 342 g/mol. The molecule has 0 aliphatic carbocycles. The molecule has 0 saturated carbocycles. The van der Waals surface area contributed by atoms with Crippen LogP contribution < -0.4 is 10.9 Å². The van der Waals surface area contributed by atoms with E-state index in [0.29, 0.717) is 12.0 Å². The Labute approximate surface area is 147 Å². The maximum atomic E-state index is 12.7. The third-order valence-corrected chi connectivity index (χ3v) is 5.38. The highest BCUT2D eigenvalue weighted by molar-refractivity contribution is 5.82. The fourth-order valence-corrected chi connectivity index (χ4v) is 3.95. The lowest BCUT2D eigenvalue weighted by molar-refractivity contribution is -0.134. The van der Waals surface area contributed by atoms with E-state index >= 15 is 0 Å². The number of hydrogen-bond donors (Lipinski definition) is 2. The van der Waals surface area contributed by atoms with E-state index in [-0.39, 0.29) is 11.9 Å². The molecule has 2 unspecified atom stereocenters. The van der Waals surface area contributed by atoms with Gasteiger partial charge in [0.25, 0.3) is 0 Å². The summed E-state index contributed by atoms with van der Waals surface area (Å²) >= 11 is 0. The molecular formula is C19H26N4O2. The standard InChI is InChI=1S/C19H26N4O2/c1-2-5-14-12-16(22-21-14)19(24)23-10-8-13(9-11-23)18-20-15-6-3-4-7-17(15)25-18/h3-4,6-7,13-14,16,21-22H,2,5,8-12H2,1H3. The number of piperidine rings is 1.